The number of unbranched alkanes of at least 4 members (excludes halogenated alkanes) is 2. The van der Waals surface area contributed by atoms with Crippen molar-refractivity contribution in [2.45, 2.75) is 58.0 Å². The van der Waals surface area contributed by atoms with Gasteiger partial charge in [-0.15, -0.1) is 6.58 Å². The molecule has 1 aliphatic rings. The van der Waals surface area contributed by atoms with Crippen LogP contribution in [-0.4, -0.2) is 12.7 Å². The van der Waals surface area contributed by atoms with Crippen LogP contribution >= 0.6 is 0 Å². The minimum Gasteiger partial charge on any atom is -0.374 e. The molecule has 0 N–H and O–H groups in total. The Morgan fingerprint density at radius 3 is 2.93 bits per heavy atom. The number of hydrogen-bond acceptors (Lipinski definition) is 1. The third-order valence-corrected chi connectivity index (χ3v) is 3.20. The van der Waals surface area contributed by atoms with Gasteiger partial charge in [0.1, 0.15) is 0 Å². The van der Waals surface area contributed by atoms with Gasteiger partial charge in [-0.3, -0.25) is 0 Å². The summed E-state index contributed by atoms with van der Waals surface area (Å²) in [6, 6.07) is 0. The first-order valence-electron chi connectivity index (χ1n) is 6.11. The molecule has 0 saturated heterocycles. The van der Waals surface area contributed by atoms with Crippen molar-refractivity contribution in [1.29, 1.82) is 0 Å². The molecule has 1 rings (SSSR count). The molecule has 0 aromatic rings. The van der Waals surface area contributed by atoms with Gasteiger partial charge in [0.15, 0.2) is 0 Å². The molecule has 2 atom stereocenters. The van der Waals surface area contributed by atoms with Gasteiger partial charge < -0.3 is 4.74 Å². The zero-order valence-corrected chi connectivity index (χ0v) is 9.50. The SMILES string of the molecule is C=CCO[C@@H]1CCC[C@@H]1CCCCC. The maximum absolute atomic E-state index is 5.78. The van der Waals surface area contributed by atoms with Crippen LogP contribution in [0.15, 0.2) is 12.7 Å². The molecule has 1 saturated carbocycles. The van der Waals surface area contributed by atoms with E-state index in [0.717, 1.165) is 12.5 Å². The summed E-state index contributed by atoms with van der Waals surface area (Å²) in [5, 5.41) is 0. The Balaban J connectivity index is 2.17. The van der Waals surface area contributed by atoms with Gasteiger partial charge in [-0.1, -0.05) is 38.7 Å². The van der Waals surface area contributed by atoms with Crippen molar-refractivity contribution in [3.63, 3.8) is 0 Å². The van der Waals surface area contributed by atoms with E-state index in [-0.39, 0.29) is 0 Å². The zero-order valence-electron chi connectivity index (χ0n) is 9.50. The van der Waals surface area contributed by atoms with Gasteiger partial charge in [0, 0.05) is 0 Å². The summed E-state index contributed by atoms with van der Waals surface area (Å²) in [7, 11) is 0. The third kappa shape index (κ3) is 3.83. The van der Waals surface area contributed by atoms with Crippen molar-refractivity contribution < 1.29 is 4.74 Å². The summed E-state index contributed by atoms with van der Waals surface area (Å²) in [6.07, 6.45) is 11.9. The fourth-order valence-electron chi connectivity index (χ4n) is 2.40. The highest BCUT2D eigenvalue weighted by Gasteiger charge is 2.26. The van der Waals surface area contributed by atoms with E-state index in [0.29, 0.717) is 6.10 Å². The lowest BCUT2D eigenvalue weighted by atomic mass is 9.98. The molecule has 0 amide bonds. The molecule has 0 aromatic carbocycles. The van der Waals surface area contributed by atoms with Gasteiger partial charge in [0.05, 0.1) is 12.7 Å². The molecule has 1 fully saturated rings. The average molecular weight is 196 g/mol. The van der Waals surface area contributed by atoms with Crippen LogP contribution in [-0.2, 0) is 4.74 Å². The molecule has 1 nitrogen and oxygen atoms in total. The van der Waals surface area contributed by atoms with E-state index in [9.17, 15) is 0 Å². The first kappa shape index (κ1) is 11.8. The van der Waals surface area contributed by atoms with Crippen LogP contribution in [0.1, 0.15) is 51.9 Å². The van der Waals surface area contributed by atoms with Crippen LogP contribution in [0.5, 0.6) is 0 Å². The monoisotopic (exact) mass is 196 g/mol. The standard InChI is InChI=1S/C13H24O/c1-3-5-6-8-12-9-7-10-13(12)14-11-4-2/h4,12-13H,2-3,5-11H2,1H3/t12-,13+/m0/s1. The summed E-state index contributed by atoms with van der Waals surface area (Å²) < 4.78 is 5.78. The minimum atomic E-state index is 0.532. The van der Waals surface area contributed by atoms with E-state index in [1.54, 1.807) is 0 Å². The number of rotatable bonds is 7. The first-order valence-corrected chi connectivity index (χ1v) is 6.11. The van der Waals surface area contributed by atoms with Crippen molar-refractivity contribution in [1.82, 2.24) is 0 Å². The highest BCUT2D eigenvalue weighted by molar-refractivity contribution is 4.79. The van der Waals surface area contributed by atoms with E-state index in [2.05, 4.69) is 13.5 Å². The van der Waals surface area contributed by atoms with E-state index >= 15 is 0 Å². The lowest BCUT2D eigenvalue weighted by molar-refractivity contribution is 0.0429. The molecule has 1 aliphatic carbocycles. The third-order valence-electron chi connectivity index (χ3n) is 3.20. The largest absolute Gasteiger partial charge is 0.374 e. The Labute approximate surface area is 88.5 Å². The van der Waals surface area contributed by atoms with Crippen molar-refractivity contribution in [3.05, 3.63) is 12.7 Å². The van der Waals surface area contributed by atoms with Crippen molar-refractivity contribution in [2.24, 2.45) is 5.92 Å². The molecule has 82 valence electrons. The zero-order chi connectivity index (χ0) is 10.2. The molecular weight excluding hydrogens is 172 g/mol. The van der Waals surface area contributed by atoms with E-state index in [4.69, 9.17) is 4.74 Å². The van der Waals surface area contributed by atoms with Crippen LogP contribution in [0.25, 0.3) is 0 Å². The fourth-order valence-corrected chi connectivity index (χ4v) is 2.40. The van der Waals surface area contributed by atoms with Crippen LogP contribution in [0.2, 0.25) is 0 Å². The van der Waals surface area contributed by atoms with Gasteiger partial charge >= 0.3 is 0 Å². The lowest BCUT2D eigenvalue weighted by Crippen LogP contribution is -2.18. The fraction of sp³-hybridized carbons (Fsp3) is 0.846. The Bertz CT molecular complexity index is 153. The van der Waals surface area contributed by atoms with Crippen LogP contribution in [0.4, 0.5) is 0 Å². The molecule has 0 heterocycles. The molecule has 0 spiro atoms. The van der Waals surface area contributed by atoms with Gasteiger partial charge in [0.2, 0.25) is 0 Å². The molecule has 0 bridgehead atoms. The van der Waals surface area contributed by atoms with Crippen LogP contribution in [0.3, 0.4) is 0 Å². The molecule has 0 radical (unpaired) electrons. The van der Waals surface area contributed by atoms with Gasteiger partial charge in [-0.05, 0) is 25.2 Å². The molecular formula is C13H24O. The summed E-state index contributed by atoms with van der Waals surface area (Å²) in [5.74, 6) is 0.835. The molecule has 0 aromatic heterocycles. The smallest absolute Gasteiger partial charge is 0.0648 e. The van der Waals surface area contributed by atoms with E-state index in [1.807, 2.05) is 6.08 Å². The second kappa shape index (κ2) is 7.05. The van der Waals surface area contributed by atoms with Crippen molar-refractivity contribution in [2.75, 3.05) is 6.61 Å². The first-order chi connectivity index (χ1) is 6.88. The van der Waals surface area contributed by atoms with Crippen molar-refractivity contribution in [3.8, 4) is 0 Å². The van der Waals surface area contributed by atoms with Gasteiger partial charge in [0.25, 0.3) is 0 Å². The Morgan fingerprint density at radius 2 is 2.21 bits per heavy atom. The molecule has 0 unspecified atom stereocenters. The van der Waals surface area contributed by atoms with Crippen molar-refractivity contribution >= 4 is 0 Å². The van der Waals surface area contributed by atoms with Gasteiger partial charge in [-0.2, -0.15) is 0 Å². The van der Waals surface area contributed by atoms with E-state index < -0.39 is 0 Å². The number of ether oxygens (including phenoxy) is 1. The summed E-state index contributed by atoms with van der Waals surface area (Å²) in [6.45, 7) is 6.69. The Kier molecular flexibility index (Phi) is 5.93. The summed E-state index contributed by atoms with van der Waals surface area (Å²) in [5.41, 5.74) is 0. The summed E-state index contributed by atoms with van der Waals surface area (Å²) >= 11 is 0. The second-order valence-corrected chi connectivity index (χ2v) is 4.35. The highest BCUT2D eigenvalue weighted by Crippen LogP contribution is 2.32. The topological polar surface area (TPSA) is 9.23 Å². The van der Waals surface area contributed by atoms with E-state index in [1.165, 1.54) is 44.9 Å². The molecule has 14 heavy (non-hydrogen) atoms. The maximum atomic E-state index is 5.78. The summed E-state index contributed by atoms with van der Waals surface area (Å²) in [4.78, 5) is 0. The van der Waals surface area contributed by atoms with Crippen LogP contribution < -0.4 is 0 Å². The van der Waals surface area contributed by atoms with Crippen LogP contribution in [0, 0.1) is 5.92 Å². The normalized spacial score (nSPS) is 26.6. The highest BCUT2D eigenvalue weighted by atomic mass is 16.5. The quantitative estimate of drug-likeness (QED) is 0.442. The lowest BCUT2D eigenvalue weighted by Gasteiger charge is -2.19. The molecule has 1 heteroatoms. The second-order valence-electron chi connectivity index (χ2n) is 4.35. The predicted octanol–water partition coefficient (Wildman–Crippen LogP) is 3.94. The Morgan fingerprint density at radius 1 is 1.36 bits per heavy atom. The number of hydrogen-bond donors (Lipinski definition) is 0. The molecule has 0 aliphatic heterocycles. The van der Waals surface area contributed by atoms with Gasteiger partial charge in [-0.25, -0.2) is 0 Å². The minimum absolute atomic E-state index is 0.532. The predicted molar refractivity (Wildman–Crippen MR) is 61.4 cm³/mol. The maximum Gasteiger partial charge on any atom is 0.0648 e. The Hall–Kier alpha value is -0.300. The average Bonchev–Trinajstić information content (AvgIpc) is 2.63.